The van der Waals surface area contributed by atoms with Crippen LogP contribution in [0.1, 0.15) is 48.2 Å². The molecule has 1 aliphatic carbocycles. The second-order valence-corrected chi connectivity index (χ2v) is 8.69. The summed E-state index contributed by atoms with van der Waals surface area (Å²) in [5.41, 5.74) is 2.97. The van der Waals surface area contributed by atoms with E-state index in [9.17, 15) is 14.0 Å². The van der Waals surface area contributed by atoms with Crippen molar-refractivity contribution >= 4 is 17.7 Å². The number of hydrogen-bond donors (Lipinski definition) is 0. The van der Waals surface area contributed by atoms with Crippen LogP contribution in [0.3, 0.4) is 0 Å². The SMILES string of the molecule is COCCC(=O)N1CCN(c2nc(C3CC3)c(-c3ccc(F)cc3)cc2C(=O)OC)C[C@H]1C. The molecule has 7 nitrogen and oxygen atoms in total. The Kier molecular flexibility index (Phi) is 6.93. The number of amides is 1. The van der Waals surface area contributed by atoms with Crippen LogP contribution in [0, 0.1) is 5.82 Å². The maximum Gasteiger partial charge on any atom is 0.341 e. The number of pyridine rings is 1. The Bertz CT molecular complexity index is 1020. The molecule has 2 aliphatic rings. The van der Waals surface area contributed by atoms with Crippen molar-refractivity contribution in [1.29, 1.82) is 0 Å². The number of halogens is 1. The van der Waals surface area contributed by atoms with Crippen LogP contribution in [0.15, 0.2) is 30.3 Å². The van der Waals surface area contributed by atoms with Gasteiger partial charge in [-0.3, -0.25) is 4.79 Å². The van der Waals surface area contributed by atoms with Crippen LogP contribution >= 0.6 is 0 Å². The molecular weight excluding hydrogens is 425 g/mol. The molecule has 1 aromatic heterocycles. The molecule has 0 bridgehead atoms. The lowest BCUT2D eigenvalue weighted by Crippen LogP contribution is -2.54. The average Bonchev–Trinajstić information content (AvgIpc) is 3.67. The van der Waals surface area contributed by atoms with Gasteiger partial charge in [-0.05, 0) is 43.5 Å². The number of rotatable bonds is 7. The van der Waals surface area contributed by atoms with E-state index in [2.05, 4.69) is 4.90 Å². The molecule has 2 fully saturated rings. The van der Waals surface area contributed by atoms with Gasteiger partial charge in [0, 0.05) is 44.3 Å². The predicted molar refractivity (Wildman–Crippen MR) is 123 cm³/mol. The lowest BCUT2D eigenvalue weighted by Gasteiger charge is -2.41. The van der Waals surface area contributed by atoms with E-state index in [4.69, 9.17) is 14.5 Å². The van der Waals surface area contributed by atoms with Crippen LogP contribution < -0.4 is 4.90 Å². The average molecular weight is 456 g/mol. The van der Waals surface area contributed by atoms with Gasteiger partial charge in [0.25, 0.3) is 0 Å². The molecule has 0 N–H and O–H groups in total. The van der Waals surface area contributed by atoms with Crippen LogP contribution in [-0.2, 0) is 14.3 Å². The smallest absolute Gasteiger partial charge is 0.341 e. The molecule has 1 aromatic carbocycles. The summed E-state index contributed by atoms with van der Waals surface area (Å²) in [6.45, 7) is 4.08. The second kappa shape index (κ2) is 9.87. The molecule has 8 heteroatoms. The van der Waals surface area contributed by atoms with Crippen LogP contribution in [-0.4, -0.2) is 68.3 Å². The molecular formula is C25H30FN3O4. The summed E-state index contributed by atoms with van der Waals surface area (Å²) in [5, 5.41) is 0. The van der Waals surface area contributed by atoms with Crippen molar-refractivity contribution in [3.63, 3.8) is 0 Å². The Morgan fingerprint density at radius 3 is 2.48 bits per heavy atom. The third kappa shape index (κ3) is 5.00. The van der Waals surface area contributed by atoms with Gasteiger partial charge in [-0.25, -0.2) is 14.2 Å². The molecule has 33 heavy (non-hydrogen) atoms. The molecule has 176 valence electrons. The highest BCUT2D eigenvalue weighted by molar-refractivity contribution is 5.96. The standard InChI is InChI=1S/C25H30FN3O4/c1-16-15-28(11-12-29(16)22(30)10-13-32-2)24-21(25(31)33-3)14-20(23(27-24)18-4-5-18)17-6-8-19(26)9-7-17/h6-9,14,16,18H,4-5,10-13,15H2,1-3H3/t16-/m1/s1. The zero-order chi connectivity index (χ0) is 23.5. The minimum Gasteiger partial charge on any atom is -0.465 e. The van der Waals surface area contributed by atoms with Gasteiger partial charge >= 0.3 is 5.97 Å². The minimum atomic E-state index is -0.463. The first kappa shape index (κ1) is 23.2. The number of nitrogens with zero attached hydrogens (tertiary/aromatic N) is 3. The van der Waals surface area contributed by atoms with Crippen molar-refractivity contribution < 1.29 is 23.5 Å². The fourth-order valence-electron chi connectivity index (χ4n) is 4.40. The maximum absolute atomic E-state index is 13.5. The molecule has 4 rings (SSSR count). The number of esters is 1. The third-order valence-corrected chi connectivity index (χ3v) is 6.32. The Hall–Kier alpha value is -3.00. The van der Waals surface area contributed by atoms with Gasteiger partial charge in [-0.15, -0.1) is 0 Å². The predicted octanol–water partition coefficient (Wildman–Crippen LogP) is 3.63. The number of methoxy groups -OCH3 is 2. The number of carbonyl (C=O) groups excluding carboxylic acids is 2. The van der Waals surface area contributed by atoms with Crippen LogP contribution in [0.4, 0.5) is 10.2 Å². The zero-order valence-corrected chi connectivity index (χ0v) is 19.3. The molecule has 2 heterocycles. The summed E-state index contributed by atoms with van der Waals surface area (Å²) < 4.78 is 23.6. The molecule has 2 aromatic rings. The highest BCUT2D eigenvalue weighted by Crippen LogP contribution is 2.45. The molecule has 1 saturated carbocycles. The van der Waals surface area contributed by atoms with Gasteiger partial charge in [0.1, 0.15) is 17.2 Å². The quantitative estimate of drug-likeness (QED) is 0.594. The van der Waals surface area contributed by atoms with Crippen molar-refractivity contribution in [1.82, 2.24) is 9.88 Å². The number of ether oxygens (including phenoxy) is 2. The van der Waals surface area contributed by atoms with E-state index < -0.39 is 5.97 Å². The van der Waals surface area contributed by atoms with Crippen LogP contribution in [0.5, 0.6) is 0 Å². The second-order valence-electron chi connectivity index (χ2n) is 8.69. The summed E-state index contributed by atoms with van der Waals surface area (Å²) in [4.78, 5) is 34.2. The van der Waals surface area contributed by atoms with E-state index in [1.807, 2.05) is 17.9 Å². The topological polar surface area (TPSA) is 72.0 Å². The summed E-state index contributed by atoms with van der Waals surface area (Å²) in [5.74, 6) is 0.205. The van der Waals surface area contributed by atoms with Crippen molar-refractivity contribution in [3.05, 3.63) is 47.4 Å². The van der Waals surface area contributed by atoms with E-state index in [1.165, 1.54) is 19.2 Å². The first-order valence-corrected chi connectivity index (χ1v) is 11.4. The van der Waals surface area contributed by atoms with E-state index in [0.29, 0.717) is 50.0 Å². The lowest BCUT2D eigenvalue weighted by atomic mass is 9.98. The Labute approximate surface area is 193 Å². The monoisotopic (exact) mass is 455 g/mol. The van der Waals surface area contributed by atoms with E-state index in [1.54, 1.807) is 19.2 Å². The molecule has 1 aliphatic heterocycles. The van der Waals surface area contributed by atoms with Gasteiger partial charge in [-0.2, -0.15) is 0 Å². The fraction of sp³-hybridized carbons (Fsp3) is 0.480. The first-order valence-electron chi connectivity index (χ1n) is 11.4. The van der Waals surface area contributed by atoms with E-state index >= 15 is 0 Å². The number of aromatic nitrogens is 1. The highest BCUT2D eigenvalue weighted by atomic mass is 19.1. The van der Waals surface area contributed by atoms with Gasteiger partial charge in [0.05, 0.1) is 25.8 Å². The van der Waals surface area contributed by atoms with E-state index in [0.717, 1.165) is 29.7 Å². The molecule has 1 atom stereocenters. The number of hydrogen-bond acceptors (Lipinski definition) is 6. The molecule has 1 saturated heterocycles. The van der Waals surface area contributed by atoms with Crippen LogP contribution in [0.2, 0.25) is 0 Å². The number of carbonyl (C=O) groups is 2. The van der Waals surface area contributed by atoms with Crippen molar-refractivity contribution in [3.8, 4) is 11.1 Å². The maximum atomic E-state index is 13.5. The number of anilines is 1. The molecule has 0 radical (unpaired) electrons. The van der Waals surface area contributed by atoms with Gasteiger partial charge in [0.2, 0.25) is 5.91 Å². The highest BCUT2D eigenvalue weighted by Gasteiger charge is 2.34. The number of piperazine rings is 1. The molecule has 0 spiro atoms. The van der Waals surface area contributed by atoms with Crippen molar-refractivity contribution in [2.24, 2.45) is 0 Å². The molecule has 1 amide bonds. The Balaban J connectivity index is 1.68. The minimum absolute atomic E-state index is 0.0310. The van der Waals surface area contributed by atoms with Crippen LogP contribution in [0.25, 0.3) is 11.1 Å². The Morgan fingerprint density at radius 1 is 1.15 bits per heavy atom. The van der Waals surface area contributed by atoms with Crippen molar-refractivity contribution in [2.45, 2.75) is 38.1 Å². The zero-order valence-electron chi connectivity index (χ0n) is 19.3. The fourth-order valence-corrected chi connectivity index (χ4v) is 4.40. The van der Waals surface area contributed by atoms with Crippen molar-refractivity contribution in [2.75, 3.05) is 45.4 Å². The summed E-state index contributed by atoms with van der Waals surface area (Å²) in [6.07, 6.45) is 2.43. The summed E-state index contributed by atoms with van der Waals surface area (Å²) in [6, 6.07) is 8.06. The first-order chi connectivity index (χ1) is 15.9. The van der Waals surface area contributed by atoms with Gasteiger partial charge < -0.3 is 19.3 Å². The Morgan fingerprint density at radius 2 is 1.88 bits per heavy atom. The van der Waals surface area contributed by atoms with Gasteiger partial charge in [0.15, 0.2) is 0 Å². The number of benzene rings is 1. The largest absolute Gasteiger partial charge is 0.465 e. The normalized spacial score (nSPS) is 18.4. The molecule has 0 unspecified atom stereocenters. The third-order valence-electron chi connectivity index (χ3n) is 6.32. The van der Waals surface area contributed by atoms with E-state index in [-0.39, 0.29) is 17.8 Å². The summed E-state index contributed by atoms with van der Waals surface area (Å²) >= 11 is 0. The summed E-state index contributed by atoms with van der Waals surface area (Å²) in [7, 11) is 2.94. The van der Waals surface area contributed by atoms with Gasteiger partial charge in [-0.1, -0.05) is 12.1 Å². The lowest BCUT2D eigenvalue weighted by molar-refractivity contribution is -0.134.